The molecule has 31 heavy (non-hydrogen) atoms. The summed E-state index contributed by atoms with van der Waals surface area (Å²) in [6, 6.07) is 10.9. The zero-order valence-corrected chi connectivity index (χ0v) is 17.9. The number of carbonyl (C=O) groups is 2. The summed E-state index contributed by atoms with van der Waals surface area (Å²) in [6.45, 7) is 2.90. The molecule has 0 saturated carbocycles. The quantitative estimate of drug-likeness (QED) is 0.552. The van der Waals surface area contributed by atoms with E-state index in [4.69, 9.17) is 9.15 Å². The van der Waals surface area contributed by atoms with Crippen molar-refractivity contribution in [3.63, 3.8) is 0 Å². The molecule has 0 aliphatic carbocycles. The van der Waals surface area contributed by atoms with Gasteiger partial charge in [-0.05, 0) is 54.6 Å². The third-order valence-electron chi connectivity index (χ3n) is 5.35. The van der Waals surface area contributed by atoms with Gasteiger partial charge in [-0.1, -0.05) is 6.07 Å². The second-order valence-corrected chi connectivity index (χ2v) is 8.22. The van der Waals surface area contributed by atoms with Gasteiger partial charge >= 0.3 is 0 Å². The third-order valence-corrected chi connectivity index (χ3v) is 6.34. The Bertz CT molecular complexity index is 1050. The maximum Gasteiger partial charge on any atom is 0.290 e. The second kappa shape index (κ2) is 9.34. The number of thiophene rings is 1. The molecule has 6 nitrogen and oxygen atoms in total. The number of furan rings is 1. The van der Waals surface area contributed by atoms with Crippen molar-refractivity contribution in [1.29, 1.82) is 0 Å². The van der Waals surface area contributed by atoms with Gasteiger partial charge in [0.15, 0.2) is 5.76 Å². The Morgan fingerprint density at radius 1 is 1.29 bits per heavy atom. The van der Waals surface area contributed by atoms with E-state index in [1.165, 1.54) is 28.2 Å². The van der Waals surface area contributed by atoms with E-state index in [1.807, 2.05) is 18.4 Å². The SMILES string of the molecule is CCN(CC(=O)N1CCc2sccc2C1COc1cccc(F)c1)C(=O)c1ccco1. The van der Waals surface area contributed by atoms with Gasteiger partial charge in [-0.15, -0.1) is 11.3 Å². The lowest BCUT2D eigenvalue weighted by atomic mass is 10.0. The lowest BCUT2D eigenvalue weighted by Crippen LogP contribution is -2.47. The second-order valence-electron chi connectivity index (χ2n) is 7.22. The van der Waals surface area contributed by atoms with Gasteiger partial charge in [0.25, 0.3) is 5.91 Å². The van der Waals surface area contributed by atoms with Crippen molar-refractivity contribution >= 4 is 23.2 Å². The van der Waals surface area contributed by atoms with Crippen molar-refractivity contribution in [3.8, 4) is 5.75 Å². The van der Waals surface area contributed by atoms with Gasteiger partial charge in [-0.25, -0.2) is 4.39 Å². The van der Waals surface area contributed by atoms with Gasteiger partial charge in [0.1, 0.15) is 24.7 Å². The molecule has 2 aromatic heterocycles. The fourth-order valence-electron chi connectivity index (χ4n) is 3.74. The maximum absolute atomic E-state index is 13.5. The van der Waals surface area contributed by atoms with Crippen LogP contribution in [0.3, 0.4) is 0 Å². The number of carbonyl (C=O) groups excluding carboxylic acids is 2. The molecule has 0 saturated heterocycles. The lowest BCUT2D eigenvalue weighted by Gasteiger charge is -2.37. The number of fused-ring (bicyclic) bond motifs is 1. The monoisotopic (exact) mass is 442 g/mol. The Morgan fingerprint density at radius 2 is 2.16 bits per heavy atom. The molecule has 3 heterocycles. The van der Waals surface area contributed by atoms with E-state index in [0.29, 0.717) is 18.8 Å². The predicted molar refractivity (Wildman–Crippen MR) is 115 cm³/mol. The molecule has 1 aliphatic heterocycles. The smallest absolute Gasteiger partial charge is 0.290 e. The van der Waals surface area contributed by atoms with Crippen LogP contribution in [0.15, 0.2) is 58.5 Å². The molecule has 1 aliphatic rings. The molecule has 1 unspecified atom stereocenters. The first-order chi connectivity index (χ1) is 15.1. The molecule has 1 aromatic carbocycles. The lowest BCUT2D eigenvalue weighted by molar-refractivity contribution is -0.135. The third kappa shape index (κ3) is 4.64. The van der Waals surface area contributed by atoms with E-state index in [2.05, 4.69) is 0 Å². The Balaban J connectivity index is 1.50. The molecule has 162 valence electrons. The fraction of sp³-hybridized carbons (Fsp3) is 0.304. The average molecular weight is 443 g/mol. The Kier molecular flexibility index (Phi) is 6.36. The number of likely N-dealkylation sites (N-methyl/N-ethyl adjacent to an activating group) is 1. The summed E-state index contributed by atoms with van der Waals surface area (Å²) in [7, 11) is 0. The highest BCUT2D eigenvalue weighted by atomic mass is 32.1. The minimum Gasteiger partial charge on any atom is -0.491 e. The van der Waals surface area contributed by atoms with Crippen LogP contribution in [0, 0.1) is 5.82 Å². The molecular formula is C23H23FN2O4S. The van der Waals surface area contributed by atoms with Crippen LogP contribution in [-0.4, -0.2) is 47.9 Å². The summed E-state index contributed by atoms with van der Waals surface area (Å²) in [4.78, 5) is 30.3. The van der Waals surface area contributed by atoms with E-state index in [9.17, 15) is 14.0 Å². The van der Waals surface area contributed by atoms with Crippen molar-refractivity contribution in [2.24, 2.45) is 0 Å². The first-order valence-corrected chi connectivity index (χ1v) is 11.0. The van der Waals surface area contributed by atoms with Crippen LogP contribution in [0.2, 0.25) is 0 Å². The maximum atomic E-state index is 13.5. The van der Waals surface area contributed by atoms with Crippen molar-refractivity contribution in [2.75, 3.05) is 26.2 Å². The summed E-state index contributed by atoms with van der Waals surface area (Å²) < 4.78 is 24.6. The molecule has 0 spiro atoms. The number of rotatable bonds is 7. The van der Waals surface area contributed by atoms with E-state index >= 15 is 0 Å². The molecule has 0 bridgehead atoms. The normalized spacial score (nSPS) is 15.4. The molecule has 0 radical (unpaired) electrons. The number of amides is 2. The summed E-state index contributed by atoms with van der Waals surface area (Å²) >= 11 is 1.66. The molecule has 0 fully saturated rings. The van der Waals surface area contributed by atoms with Crippen LogP contribution in [0.4, 0.5) is 4.39 Å². The minimum atomic E-state index is -0.375. The summed E-state index contributed by atoms with van der Waals surface area (Å²) in [5.74, 6) is -0.231. The van der Waals surface area contributed by atoms with Gasteiger partial charge in [-0.2, -0.15) is 0 Å². The molecular weight excluding hydrogens is 419 g/mol. The molecule has 8 heteroatoms. The van der Waals surface area contributed by atoms with E-state index in [0.717, 1.165) is 12.0 Å². The molecule has 0 N–H and O–H groups in total. The topological polar surface area (TPSA) is 63.0 Å². The van der Waals surface area contributed by atoms with Crippen molar-refractivity contribution in [1.82, 2.24) is 9.80 Å². The van der Waals surface area contributed by atoms with Gasteiger partial charge in [0.05, 0.1) is 12.3 Å². The Labute approximate surface area is 183 Å². The average Bonchev–Trinajstić information content (AvgIpc) is 3.47. The van der Waals surface area contributed by atoms with Crippen molar-refractivity contribution in [2.45, 2.75) is 19.4 Å². The van der Waals surface area contributed by atoms with Gasteiger partial charge < -0.3 is 19.0 Å². The number of hydrogen-bond acceptors (Lipinski definition) is 5. The molecule has 3 aromatic rings. The van der Waals surface area contributed by atoms with E-state index in [1.54, 1.807) is 40.5 Å². The van der Waals surface area contributed by atoms with E-state index in [-0.39, 0.29) is 42.6 Å². The van der Waals surface area contributed by atoms with Crippen LogP contribution in [0.5, 0.6) is 5.75 Å². The number of hydrogen-bond donors (Lipinski definition) is 0. The largest absolute Gasteiger partial charge is 0.491 e. The van der Waals surface area contributed by atoms with Crippen LogP contribution >= 0.6 is 11.3 Å². The fourth-order valence-corrected chi connectivity index (χ4v) is 4.67. The Hall–Kier alpha value is -3.13. The number of halogens is 1. The molecule has 4 rings (SSSR count). The van der Waals surface area contributed by atoms with E-state index < -0.39 is 0 Å². The number of ether oxygens (including phenoxy) is 1. The van der Waals surface area contributed by atoms with Crippen LogP contribution in [0.25, 0.3) is 0 Å². The number of nitrogens with zero attached hydrogens (tertiary/aromatic N) is 2. The zero-order chi connectivity index (χ0) is 21.8. The highest BCUT2D eigenvalue weighted by molar-refractivity contribution is 7.10. The minimum absolute atomic E-state index is 0.0496. The highest BCUT2D eigenvalue weighted by Crippen LogP contribution is 2.34. The Morgan fingerprint density at radius 3 is 2.90 bits per heavy atom. The number of benzene rings is 1. The van der Waals surface area contributed by atoms with Crippen molar-refractivity contribution < 1.29 is 23.1 Å². The predicted octanol–water partition coefficient (Wildman–Crippen LogP) is 4.15. The zero-order valence-electron chi connectivity index (χ0n) is 17.1. The van der Waals surface area contributed by atoms with Gasteiger partial charge in [0.2, 0.25) is 5.91 Å². The molecule has 2 amide bonds. The first kappa shape index (κ1) is 21.1. The van der Waals surface area contributed by atoms with Crippen LogP contribution in [0.1, 0.15) is 34.0 Å². The van der Waals surface area contributed by atoms with Crippen LogP contribution < -0.4 is 4.74 Å². The first-order valence-electron chi connectivity index (χ1n) is 10.1. The highest BCUT2D eigenvalue weighted by Gasteiger charge is 2.33. The summed E-state index contributed by atoms with van der Waals surface area (Å²) in [6.07, 6.45) is 2.19. The summed E-state index contributed by atoms with van der Waals surface area (Å²) in [5, 5.41) is 2.01. The van der Waals surface area contributed by atoms with Crippen LogP contribution in [-0.2, 0) is 11.2 Å². The van der Waals surface area contributed by atoms with Crippen molar-refractivity contribution in [3.05, 3.63) is 76.1 Å². The molecule has 1 atom stereocenters. The standard InChI is InChI=1S/C23H23FN2O4S/c1-2-25(23(28)20-7-4-11-29-20)14-22(27)26-10-8-21-18(9-12-31-21)19(26)15-30-17-6-3-5-16(24)13-17/h3-7,9,11-13,19H,2,8,10,14-15H2,1H3. The van der Waals surface area contributed by atoms with Gasteiger partial charge in [0, 0.05) is 24.0 Å². The van der Waals surface area contributed by atoms with Gasteiger partial charge in [-0.3, -0.25) is 9.59 Å². The summed E-state index contributed by atoms with van der Waals surface area (Å²) in [5.41, 5.74) is 1.04.